The molecule has 1 atom stereocenters. The van der Waals surface area contributed by atoms with Crippen LogP contribution < -0.4 is 15.2 Å². The predicted molar refractivity (Wildman–Crippen MR) is 65.9 cm³/mol. The molecule has 88 valence electrons. The Hall–Kier alpha value is -1.48. The van der Waals surface area contributed by atoms with Gasteiger partial charge in [-0.1, -0.05) is 11.6 Å². The second-order valence-electron chi connectivity index (χ2n) is 3.88. The predicted octanol–water partition coefficient (Wildman–Crippen LogP) is 2.67. The fourth-order valence-corrected chi connectivity index (χ4v) is 1.61. The van der Waals surface area contributed by atoms with Crippen LogP contribution in [0, 0.1) is 0 Å². The van der Waals surface area contributed by atoms with Gasteiger partial charge in [0.15, 0.2) is 0 Å². The zero-order valence-corrected chi connectivity index (χ0v) is 10.1. The summed E-state index contributed by atoms with van der Waals surface area (Å²) in [4.78, 5) is 0. The minimum atomic E-state index is -0.0849. The molecule has 2 N–H and O–H groups in total. The second-order valence-corrected chi connectivity index (χ2v) is 3.88. The van der Waals surface area contributed by atoms with Crippen molar-refractivity contribution < 1.29 is 9.47 Å². The highest BCUT2D eigenvalue weighted by Gasteiger charge is 2.12. The van der Waals surface area contributed by atoms with Gasteiger partial charge in [0.25, 0.3) is 0 Å². The topological polar surface area (TPSA) is 44.5 Å². The molecule has 0 saturated heterocycles. The van der Waals surface area contributed by atoms with E-state index in [0.717, 1.165) is 29.1 Å². The van der Waals surface area contributed by atoms with Crippen molar-refractivity contribution in [3.05, 3.63) is 35.9 Å². The highest BCUT2D eigenvalue weighted by atomic mass is 16.5. The van der Waals surface area contributed by atoms with Gasteiger partial charge in [-0.05, 0) is 19.4 Å². The van der Waals surface area contributed by atoms with Crippen LogP contribution in [-0.2, 0) is 0 Å². The molecule has 1 aromatic carbocycles. The Balaban J connectivity index is 2.98. The molecule has 0 aliphatic carbocycles. The molecule has 3 nitrogen and oxygen atoms in total. The third kappa shape index (κ3) is 3.00. The summed E-state index contributed by atoms with van der Waals surface area (Å²) < 4.78 is 10.4. The summed E-state index contributed by atoms with van der Waals surface area (Å²) in [6.45, 7) is 5.83. The van der Waals surface area contributed by atoms with E-state index in [1.165, 1.54) is 0 Å². The molecule has 16 heavy (non-hydrogen) atoms. The summed E-state index contributed by atoms with van der Waals surface area (Å²) in [5.74, 6) is 1.52. The number of ether oxygens (including phenoxy) is 2. The Morgan fingerprint density at radius 2 is 2.06 bits per heavy atom. The van der Waals surface area contributed by atoms with Gasteiger partial charge < -0.3 is 15.2 Å². The van der Waals surface area contributed by atoms with E-state index < -0.39 is 0 Å². The Morgan fingerprint density at radius 1 is 1.38 bits per heavy atom. The van der Waals surface area contributed by atoms with Crippen molar-refractivity contribution >= 4 is 0 Å². The van der Waals surface area contributed by atoms with Gasteiger partial charge in [0.2, 0.25) is 0 Å². The van der Waals surface area contributed by atoms with Gasteiger partial charge in [-0.25, -0.2) is 0 Å². The lowest BCUT2D eigenvalue weighted by molar-refractivity contribution is 0.388. The summed E-state index contributed by atoms with van der Waals surface area (Å²) in [6.07, 6.45) is 0.753. The first kappa shape index (κ1) is 12.6. The molecule has 0 radical (unpaired) electrons. The average molecular weight is 221 g/mol. The zero-order valence-electron chi connectivity index (χ0n) is 10.1. The molecule has 0 fully saturated rings. The van der Waals surface area contributed by atoms with E-state index in [2.05, 4.69) is 6.58 Å². The van der Waals surface area contributed by atoms with Crippen LogP contribution in [0.1, 0.15) is 24.9 Å². The van der Waals surface area contributed by atoms with Gasteiger partial charge in [0.1, 0.15) is 11.5 Å². The average Bonchev–Trinajstić information content (AvgIpc) is 2.27. The third-order valence-electron chi connectivity index (χ3n) is 2.41. The standard InChI is InChI=1S/C13H19NO2/c1-9(2)7-12(14)11-6-5-10(15-3)8-13(11)16-4/h5-6,8,12H,1,7,14H2,2-4H3. The molecule has 0 aliphatic heterocycles. The van der Waals surface area contributed by atoms with Gasteiger partial charge in [-0.15, -0.1) is 6.58 Å². The van der Waals surface area contributed by atoms with Crippen LogP contribution in [0.5, 0.6) is 11.5 Å². The van der Waals surface area contributed by atoms with Gasteiger partial charge in [-0.2, -0.15) is 0 Å². The molecule has 1 unspecified atom stereocenters. The highest BCUT2D eigenvalue weighted by molar-refractivity contribution is 5.42. The molecule has 0 bridgehead atoms. The lowest BCUT2D eigenvalue weighted by atomic mass is 10.00. The van der Waals surface area contributed by atoms with Crippen molar-refractivity contribution in [1.29, 1.82) is 0 Å². The number of hydrogen-bond donors (Lipinski definition) is 1. The molecular weight excluding hydrogens is 202 g/mol. The van der Waals surface area contributed by atoms with Gasteiger partial charge in [-0.3, -0.25) is 0 Å². The first-order valence-electron chi connectivity index (χ1n) is 5.20. The van der Waals surface area contributed by atoms with Gasteiger partial charge >= 0.3 is 0 Å². The van der Waals surface area contributed by atoms with E-state index in [1.807, 2.05) is 25.1 Å². The molecule has 1 aromatic rings. The fraction of sp³-hybridized carbons (Fsp3) is 0.385. The zero-order chi connectivity index (χ0) is 12.1. The smallest absolute Gasteiger partial charge is 0.127 e. The van der Waals surface area contributed by atoms with Crippen molar-refractivity contribution in [3.8, 4) is 11.5 Å². The number of nitrogens with two attached hydrogens (primary N) is 1. The summed E-state index contributed by atoms with van der Waals surface area (Å²) in [5, 5.41) is 0. The summed E-state index contributed by atoms with van der Waals surface area (Å²) in [6, 6.07) is 5.58. The minimum absolute atomic E-state index is 0.0849. The van der Waals surface area contributed by atoms with Crippen molar-refractivity contribution in [2.24, 2.45) is 5.73 Å². The van der Waals surface area contributed by atoms with E-state index in [1.54, 1.807) is 14.2 Å². The summed E-state index contributed by atoms with van der Waals surface area (Å²) in [5.41, 5.74) is 8.12. The minimum Gasteiger partial charge on any atom is -0.497 e. The lowest BCUT2D eigenvalue weighted by Crippen LogP contribution is -2.11. The van der Waals surface area contributed by atoms with Gasteiger partial charge in [0, 0.05) is 17.7 Å². The van der Waals surface area contributed by atoms with Crippen molar-refractivity contribution in [2.75, 3.05) is 14.2 Å². The first-order chi connectivity index (χ1) is 7.58. The molecule has 0 amide bonds. The van der Waals surface area contributed by atoms with Crippen LogP contribution in [0.2, 0.25) is 0 Å². The SMILES string of the molecule is C=C(C)CC(N)c1ccc(OC)cc1OC. The van der Waals surface area contributed by atoms with E-state index in [0.29, 0.717) is 0 Å². The summed E-state index contributed by atoms with van der Waals surface area (Å²) >= 11 is 0. The second kappa shape index (κ2) is 5.56. The van der Waals surface area contributed by atoms with Crippen LogP contribution in [0.25, 0.3) is 0 Å². The fourth-order valence-electron chi connectivity index (χ4n) is 1.61. The van der Waals surface area contributed by atoms with Crippen LogP contribution in [0.3, 0.4) is 0 Å². The molecule has 3 heteroatoms. The molecule has 0 aliphatic rings. The quantitative estimate of drug-likeness (QED) is 0.777. The van der Waals surface area contributed by atoms with Crippen molar-refractivity contribution in [3.63, 3.8) is 0 Å². The lowest BCUT2D eigenvalue weighted by Gasteiger charge is -2.16. The number of methoxy groups -OCH3 is 2. The molecule has 0 heterocycles. The van der Waals surface area contributed by atoms with Crippen LogP contribution in [-0.4, -0.2) is 14.2 Å². The maximum atomic E-state index is 6.08. The molecule has 1 rings (SSSR count). The maximum Gasteiger partial charge on any atom is 0.127 e. The summed E-state index contributed by atoms with van der Waals surface area (Å²) in [7, 11) is 3.26. The number of benzene rings is 1. The number of hydrogen-bond acceptors (Lipinski definition) is 3. The third-order valence-corrected chi connectivity index (χ3v) is 2.41. The highest BCUT2D eigenvalue weighted by Crippen LogP contribution is 2.30. The first-order valence-corrected chi connectivity index (χ1v) is 5.20. The Bertz CT molecular complexity index is 374. The van der Waals surface area contributed by atoms with E-state index in [-0.39, 0.29) is 6.04 Å². The molecule has 0 spiro atoms. The molecule has 0 saturated carbocycles. The van der Waals surface area contributed by atoms with Crippen molar-refractivity contribution in [1.82, 2.24) is 0 Å². The van der Waals surface area contributed by atoms with E-state index in [4.69, 9.17) is 15.2 Å². The van der Waals surface area contributed by atoms with Crippen molar-refractivity contribution in [2.45, 2.75) is 19.4 Å². The van der Waals surface area contributed by atoms with Crippen LogP contribution >= 0.6 is 0 Å². The number of rotatable bonds is 5. The van der Waals surface area contributed by atoms with Crippen LogP contribution in [0.15, 0.2) is 30.4 Å². The Morgan fingerprint density at radius 3 is 2.56 bits per heavy atom. The Labute approximate surface area is 96.9 Å². The Kier molecular flexibility index (Phi) is 4.38. The van der Waals surface area contributed by atoms with E-state index >= 15 is 0 Å². The van der Waals surface area contributed by atoms with Crippen LogP contribution in [0.4, 0.5) is 0 Å². The van der Waals surface area contributed by atoms with Gasteiger partial charge in [0.05, 0.1) is 14.2 Å². The molecule has 0 aromatic heterocycles. The molecular formula is C13H19NO2. The monoisotopic (exact) mass is 221 g/mol. The largest absolute Gasteiger partial charge is 0.497 e. The van der Waals surface area contributed by atoms with E-state index in [9.17, 15) is 0 Å². The maximum absolute atomic E-state index is 6.08. The normalized spacial score (nSPS) is 12.0.